The molecule has 0 bridgehead atoms. The van der Waals surface area contributed by atoms with Gasteiger partial charge in [-0.2, -0.15) is 4.98 Å². The van der Waals surface area contributed by atoms with Crippen molar-refractivity contribution in [2.24, 2.45) is 0 Å². The van der Waals surface area contributed by atoms with Crippen molar-refractivity contribution in [3.63, 3.8) is 0 Å². The highest BCUT2D eigenvalue weighted by atomic mass is 32.1. The van der Waals surface area contributed by atoms with E-state index in [4.69, 9.17) is 9.05 Å². The summed E-state index contributed by atoms with van der Waals surface area (Å²) in [6, 6.07) is 13.7. The number of amides is 1. The largest absolute Gasteiger partial charge is 0.339 e. The minimum absolute atomic E-state index is 0.146. The second kappa shape index (κ2) is 8.83. The number of hydrogen-bond acceptors (Lipinski definition) is 7. The summed E-state index contributed by atoms with van der Waals surface area (Å²) < 4.78 is 10.5. The van der Waals surface area contributed by atoms with Crippen LogP contribution < -0.4 is 5.32 Å². The van der Waals surface area contributed by atoms with Crippen LogP contribution in [0.3, 0.4) is 0 Å². The Morgan fingerprint density at radius 3 is 2.76 bits per heavy atom. The molecule has 1 N–H and O–H groups in total. The molecular weight excluding hydrogens is 388 g/mol. The maximum absolute atomic E-state index is 12.2. The summed E-state index contributed by atoms with van der Waals surface area (Å²) in [7, 11) is 0. The van der Waals surface area contributed by atoms with Gasteiger partial charge in [0, 0.05) is 24.5 Å². The van der Waals surface area contributed by atoms with Crippen LogP contribution in [0.1, 0.15) is 31.2 Å². The molecule has 0 saturated carbocycles. The standard InChI is InChI=1S/C21H20N4O3S/c1-2-14-8-10-15(11-9-14)16-13-20(28-24-16)22-18(26)6-3-7-19-23-21(25-27-19)17-5-4-12-29-17/h4-5,8-13H,2-3,6-7H2,1H3,(H,22,26). The molecule has 4 aromatic rings. The Morgan fingerprint density at radius 1 is 1.14 bits per heavy atom. The first kappa shape index (κ1) is 19.1. The Kier molecular flexibility index (Phi) is 5.81. The van der Waals surface area contributed by atoms with E-state index in [1.165, 1.54) is 5.56 Å². The van der Waals surface area contributed by atoms with E-state index in [-0.39, 0.29) is 5.91 Å². The van der Waals surface area contributed by atoms with Gasteiger partial charge in [-0.15, -0.1) is 11.3 Å². The molecule has 0 radical (unpaired) electrons. The predicted molar refractivity (Wildman–Crippen MR) is 110 cm³/mol. The van der Waals surface area contributed by atoms with Gasteiger partial charge in [0.15, 0.2) is 0 Å². The SMILES string of the molecule is CCc1ccc(-c2cc(NC(=O)CCCc3nc(-c4cccs4)no3)on2)cc1. The zero-order valence-corrected chi connectivity index (χ0v) is 16.7. The Bertz CT molecular complexity index is 1070. The molecule has 0 aliphatic carbocycles. The lowest BCUT2D eigenvalue weighted by molar-refractivity contribution is -0.116. The highest BCUT2D eigenvalue weighted by Gasteiger charge is 2.12. The quantitative estimate of drug-likeness (QED) is 0.442. The summed E-state index contributed by atoms with van der Waals surface area (Å²) in [5.41, 5.74) is 2.90. The minimum Gasteiger partial charge on any atom is -0.339 e. The van der Waals surface area contributed by atoms with E-state index in [9.17, 15) is 4.79 Å². The van der Waals surface area contributed by atoms with Crippen LogP contribution in [-0.2, 0) is 17.6 Å². The van der Waals surface area contributed by atoms with Crippen LogP contribution in [-0.4, -0.2) is 21.2 Å². The Morgan fingerprint density at radius 2 is 2.00 bits per heavy atom. The third kappa shape index (κ3) is 4.78. The first-order valence-corrected chi connectivity index (χ1v) is 10.3. The first-order chi connectivity index (χ1) is 14.2. The summed E-state index contributed by atoms with van der Waals surface area (Å²) in [6.45, 7) is 2.11. The molecule has 148 valence electrons. The van der Waals surface area contributed by atoms with Crippen LogP contribution in [0.25, 0.3) is 22.0 Å². The molecule has 1 amide bonds. The molecule has 0 aliphatic heterocycles. The number of aryl methyl sites for hydroxylation is 2. The second-order valence-corrected chi connectivity index (χ2v) is 7.47. The zero-order chi connectivity index (χ0) is 20.1. The summed E-state index contributed by atoms with van der Waals surface area (Å²) in [5, 5.41) is 12.7. The lowest BCUT2D eigenvalue weighted by Gasteiger charge is -1.99. The summed E-state index contributed by atoms with van der Waals surface area (Å²) in [4.78, 5) is 17.5. The molecule has 7 nitrogen and oxygen atoms in total. The topological polar surface area (TPSA) is 94.1 Å². The highest BCUT2D eigenvalue weighted by molar-refractivity contribution is 7.13. The van der Waals surface area contributed by atoms with Crippen LogP contribution in [0.4, 0.5) is 5.88 Å². The van der Waals surface area contributed by atoms with Gasteiger partial charge in [-0.1, -0.05) is 47.6 Å². The van der Waals surface area contributed by atoms with Gasteiger partial charge in [0.25, 0.3) is 0 Å². The van der Waals surface area contributed by atoms with Crippen molar-refractivity contribution in [1.82, 2.24) is 15.3 Å². The van der Waals surface area contributed by atoms with Crippen molar-refractivity contribution >= 4 is 23.1 Å². The Hall–Kier alpha value is -3.26. The lowest BCUT2D eigenvalue weighted by atomic mass is 10.1. The number of carbonyl (C=O) groups is 1. The maximum Gasteiger partial charge on any atom is 0.231 e. The van der Waals surface area contributed by atoms with Gasteiger partial charge in [-0.25, -0.2) is 0 Å². The van der Waals surface area contributed by atoms with Gasteiger partial charge in [-0.3, -0.25) is 10.1 Å². The maximum atomic E-state index is 12.2. The van der Waals surface area contributed by atoms with Gasteiger partial charge in [-0.05, 0) is 29.9 Å². The monoisotopic (exact) mass is 408 g/mol. The fourth-order valence-corrected chi connectivity index (χ4v) is 3.49. The smallest absolute Gasteiger partial charge is 0.231 e. The summed E-state index contributed by atoms with van der Waals surface area (Å²) >= 11 is 1.56. The molecule has 8 heteroatoms. The van der Waals surface area contributed by atoms with Crippen molar-refractivity contribution in [2.75, 3.05) is 5.32 Å². The molecule has 0 spiro atoms. The fraction of sp³-hybridized carbons (Fsp3) is 0.238. The van der Waals surface area contributed by atoms with Crippen LogP contribution in [0.2, 0.25) is 0 Å². The summed E-state index contributed by atoms with van der Waals surface area (Å²) in [5.74, 6) is 1.30. The van der Waals surface area contributed by atoms with Crippen molar-refractivity contribution in [2.45, 2.75) is 32.6 Å². The normalized spacial score (nSPS) is 10.9. The van der Waals surface area contributed by atoms with E-state index in [1.54, 1.807) is 17.4 Å². The van der Waals surface area contributed by atoms with E-state index in [1.807, 2.05) is 29.6 Å². The van der Waals surface area contributed by atoms with Crippen molar-refractivity contribution < 1.29 is 13.8 Å². The number of nitrogens with one attached hydrogen (secondary N) is 1. The average Bonchev–Trinajstić information content (AvgIpc) is 3.49. The van der Waals surface area contributed by atoms with Crippen LogP contribution in [0.5, 0.6) is 0 Å². The van der Waals surface area contributed by atoms with E-state index >= 15 is 0 Å². The molecule has 3 heterocycles. The molecule has 0 fully saturated rings. The van der Waals surface area contributed by atoms with Crippen molar-refractivity contribution in [3.8, 4) is 22.0 Å². The number of nitrogens with zero attached hydrogens (tertiary/aromatic N) is 3. The molecule has 1 aromatic carbocycles. The minimum atomic E-state index is -0.146. The first-order valence-electron chi connectivity index (χ1n) is 9.43. The van der Waals surface area contributed by atoms with Gasteiger partial charge in [0.1, 0.15) is 5.69 Å². The Balaban J connectivity index is 1.26. The van der Waals surface area contributed by atoms with Crippen molar-refractivity contribution in [1.29, 1.82) is 0 Å². The number of thiophene rings is 1. The molecule has 29 heavy (non-hydrogen) atoms. The second-order valence-electron chi connectivity index (χ2n) is 6.52. The van der Waals surface area contributed by atoms with Gasteiger partial charge < -0.3 is 9.05 Å². The zero-order valence-electron chi connectivity index (χ0n) is 15.9. The third-order valence-corrected chi connectivity index (χ3v) is 5.30. The van der Waals surface area contributed by atoms with E-state index < -0.39 is 0 Å². The molecule has 0 aliphatic rings. The van der Waals surface area contributed by atoms with Crippen molar-refractivity contribution in [3.05, 3.63) is 59.3 Å². The number of anilines is 1. The molecule has 4 rings (SSSR count). The lowest BCUT2D eigenvalue weighted by Crippen LogP contribution is -2.10. The van der Waals surface area contributed by atoms with E-state index in [0.29, 0.717) is 42.6 Å². The van der Waals surface area contributed by atoms with Gasteiger partial charge in [0.05, 0.1) is 4.88 Å². The van der Waals surface area contributed by atoms with Crippen LogP contribution in [0.15, 0.2) is 56.9 Å². The molecular formula is C21H20N4O3S. The van der Waals surface area contributed by atoms with E-state index in [0.717, 1.165) is 16.9 Å². The molecule has 0 unspecified atom stereocenters. The van der Waals surface area contributed by atoms with Crippen LogP contribution in [0, 0.1) is 0 Å². The van der Waals surface area contributed by atoms with Crippen LogP contribution >= 0.6 is 11.3 Å². The number of hydrogen-bond donors (Lipinski definition) is 1. The average molecular weight is 408 g/mol. The molecule has 3 aromatic heterocycles. The van der Waals surface area contributed by atoms with Gasteiger partial charge in [0.2, 0.25) is 23.5 Å². The Labute approximate surface area is 171 Å². The predicted octanol–water partition coefficient (Wildman–Crippen LogP) is 4.98. The number of aromatic nitrogens is 3. The number of rotatable bonds is 8. The summed E-state index contributed by atoms with van der Waals surface area (Å²) in [6.07, 6.45) is 2.44. The molecule has 0 atom stereocenters. The fourth-order valence-electron chi connectivity index (χ4n) is 2.84. The highest BCUT2D eigenvalue weighted by Crippen LogP contribution is 2.23. The third-order valence-electron chi connectivity index (χ3n) is 4.43. The number of carbonyl (C=O) groups excluding carboxylic acids is 1. The van der Waals surface area contributed by atoms with E-state index in [2.05, 4.69) is 39.7 Å². The van der Waals surface area contributed by atoms with Gasteiger partial charge >= 0.3 is 0 Å². The molecule has 0 saturated heterocycles. The number of benzene rings is 1.